The predicted octanol–water partition coefficient (Wildman–Crippen LogP) is 1.21. The van der Waals surface area contributed by atoms with Gasteiger partial charge in [-0.05, 0) is 41.3 Å². The second-order valence-electron chi connectivity index (χ2n) is 8.93. The summed E-state index contributed by atoms with van der Waals surface area (Å²) in [6.45, 7) is 0.161. The highest BCUT2D eigenvalue weighted by Crippen LogP contribution is 2.43. The average Bonchev–Trinajstić information content (AvgIpc) is 3.55. The molecule has 1 aromatic carbocycles. The molecule has 10 nitrogen and oxygen atoms in total. The Morgan fingerprint density at radius 3 is 2.70 bits per heavy atom. The fraction of sp³-hybridized carbons (Fsp3) is 0.545. The fourth-order valence-corrected chi connectivity index (χ4v) is 5.96. The highest BCUT2D eigenvalue weighted by Gasteiger charge is 2.53. The van der Waals surface area contributed by atoms with Crippen molar-refractivity contribution in [2.24, 2.45) is 11.7 Å². The molecule has 0 bridgehead atoms. The molecule has 3 aliphatic rings. The minimum atomic E-state index is -0.705. The van der Waals surface area contributed by atoms with Gasteiger partial charge in [0, 0.05) is 17.7 Å². The molecule has 11 heteroatoms. The highest BCUT2D eigenvalue weighted by molar-refractivity contribution is 6.22. The zero-order valence-electron chi connectivity index (χ0n) is 18.0. The number of fused-ring (bicyclic) bond motifs is 1. The number of carbonyl (C=O) groups is 3. The van der Waals surface area contributed by atoms with Gasteiger partial charge in [-0.3, -0.25) is 14.4 Å². The molecule has 1 aromatic heterocycles. The number of rotatable bonds is 5. The van der Waals surface area contributed by atoms with Crippen LogP contribution >= 0.6 is 11.6 Å². The number of halogens is 1. The molecule has 2 amide bonds. The van der Waals surface area contributed by atoms with Crippen LogP contribution in [0, 0.1) is 5.92 Å². The minimum absolute atomic E-state index is 0.0211. The average molecular weight is 473 g/mol. The van der Waals surface area contributed by atoms with E-state index >= 15 is 0 Å². The van der Waals surface area contributed by atoms with E-state index in [9.17, 15) is 14.4 Å². The molecule has 174 valence electrons. The second kappa shape index (κ2) is 8.83. The molecule has 2 aromatic rings. The van der Waals surface area contributed by atoms with Gasteiger partial charge in [0.05, 0.1) is 17.0 Å². The molecule has 0 radical (unpaired) electrons. The number of primary amides is 1. The number of ketones is 1. The third kappa shape index (κ3) is 3.80. The van der Waals surface area contributed by atoms with Gasteiger partial charge in [0.2, 0.25) is 11.8 Å². The Morgan fingerprint density at radius 1 is 1.21 bits per heavy atom. The van der Waals surface area contributed by atoms with Crippen LogP contribution in [0.2, 0.25) is 0 Å². The number of aromatic nitrogens is 4. The van der Waals surface area contributed by atoms with Crippen molar-refractivity contribution < 1.29 is 19.1 Å². The van der Waals surface area contributed by atoms with Crippen molar-refractivity contribution in [3.05, 3.63) is 35.7 Å². The zero-order valence-corrected chi connectivity index (χ0v) is 18.7. The van der Waals surface area contributed by atoms with Crippen LogP contribution in [-0.4, -0.2) is 73.4 Å². The molecule has 2 N–H and O–H groups in total. The molecule has 1 saturated carbocycles. The number of Topliss-reactive ketones (excluding diaryl/α,β-unsaturated/α-hetero) is 1. The summed E-state index contributed by atoms with van der Waals surface area (Å²) in [6.07, 6.45) is 5.63. The van der Waals surface area contributed by atoms with E-state index in [1.165, 1.54) is 11.0 Å². The number of nitrogens with zero attached hydrogens (tertiary/aromatic N) is 5. The van der Waals surface area contributed by atoms with Crippen LogP contribution in [0.5, 0.6) is 0 Å². The molecule has 4 atom stereocenters. The number of likely N-dealkylation sites (tertiary alicyclic amines) is 1. The number of hydrogen-bond acceptors (Lipinski definition) is 7. The molecule has 1 aliphatic carbocycles. The lowest BCUT2D eigenvalue weighted by atomic mass is 9.74. The lowest BCUT2D eigenvalue weighted by Crippen LogP contribution is -2.46. The Labute approximate surface area is 195 Å². The maximum atomic E-state index is 14.2. The Kier molecular flexibility index (Phi) is 5.88. The van der Waals surface area contributed by atoms with Crippen molar-refractivity contribution in [1.29, 1.82) is 0 Å². The van der Waals surface area contributed by atoms with Gasteiger partial charge in [-0.2, -0.15) is 0 Å². The van der Waals surface area contributed by atoms with Gasteiger partial charge < -0.3 is 15.4 Å². The van der Waals surface area contributed by atoms with E-state index in [4.69, 9.17) is 22.1 Å². The quantitative estimate of drug-likeness (QED) is 0.646. The third-order valence-electron chi connectivity index (χ3n) is 7.05. The normalized spacial score (nSPS) is 26.4. The Balaban J connectivity index is 1.65. The predicted molar refractivity (Wildman–Crippen MR) is 117 cm³/mol. The van der Waals surface area contributed by atoms with Crippen LogP contribution in [0.15, 0.2) is 24.5 Å². The molecule has 5 rings (SSSR count). The van der Waals surface area contributed by atoms with E-state index in [0.717, 1.165) is 32.1 Å². The van der Waals surface area contributed by atoms with Gasteiger partial charge >= 0.3 is 0 Å². The monoisotopic (exact) mass is 472 g/mol. The Bertz CT molecular complexity index is 1070. The van der Waals surface area contributed by atoms with Crippen LogP contribution in [0.3, 0.4) is 0 Å². The van der Waals surface area contributed by atoms with Crippen molar-refractivity contribution in [3.8, 4) is 5.69 Å². The van der Waals surface area contributed by atoms with Crippen molar-refractivity contribution in [1.82, 2.24) is 25.1 Å². The van der Waals surface area contributed by atoms with Crippen molar-refractivity contribution in [2.45, 2.75) is 55.5 Å². The summed E-state index contributed by atoms with van der Waals surface area (Å²) in [7, 11) is 0. The van der Waals surface area contributed by atoms with Crippen LogP contribution in [0.25, 0.3) is 5.69 Å². The molecule has 3 fully saturated rings. The minimum Gasteiger partial charge on any atom is -0.366 e. The Hall–Kier alpha value is -2.85. The number of benzene rings is 1. The number of carbonyl (C=O) groups excluding carboxylic acids is 3. The first-order valence-electron chi connectivity index (χ1n) is 11.2. The summed E-state index contributed by atoms with van der Waals surface area (Å²) in [4.78, 5) is 40.9. The first-order chi connectivity index (χ1) is 16.0. The van der Waals surface area contributed by atoms with E-state index in [1.807, 2.05) is 0 Å². The smallest absolute Gasteiger partial charge is 0.249 e. The van der Waals surface area contributed by atoms with Crippen LogP contribution in [-0.2, 0) is 14.3 Å². The van der Waals surface area contributed by atoms with Gasteiger partial charge in [0.15, 0.2) is 5.78 Å². The molecule has 2 saturated heterocycles. The number of hydrogen-bond donors (Lipinski definition) is 1. The van der Waals surface area contributed by atoms with E-state index < -0.39 is 29.3 Å². The number of alkyl halides is 1. The second-order valence-corrected chi connectivity index (χ2v) is 9.49. The van der Waals surface area contributed by atoms with Gasteiger partial charge in [0.1, 0.15) is 25.1 Å². The molecule has 3 heterocycles. The van der Waals surface area contributed by atoms with Crippen LogP contribution < -0.4 is 5.73 Å². The molecule has 33 heavy (non-hydrogen) atoms. The molecule has 0 unspecified atom stereocenters. The van der Waals surface area contributed by atoms with Gasteiger partial charge in [-0.15, -0.1) is 16.7 Å². The van der Waals surface area contributed by atoms with E-state index in [-0.39, 0.29) is 36.3 Å². The van der Waals surface area contributed by atoms with Crippen LogP contribution in [0.4, 0.5) is 0 Å². The SMILES string of the molecule is NC(=O)c1cccc(-n2cnnn2)c1[C@@H](C(=O)N1C[C@H](Cl)[C@H]2OCC(=O)[C@H]21)C1CCCCC1. The first-order valence-corrected chi connectivity index (χ1v) is 11.7. The van der Waals surface area contributed by atoms with Gasteiger partial charge in [-0.25, -0.2) is 4.68 Å². The number of ether oxygens (including phenoxy) is 1. The lowest BCUT2D eigenvalue weighted by Gasteiger charge is -2.35. The highest BCUT2D eigenvalue weighted by atomic mass is 35.5. The Morgan fingerprint density at radius 2 is 2.00 bits per heavy atom. The van der Waals surface area contributed by atoms with E-state index in [2.05, 4.69) is 15.5 Å². The summed E-state index contributed by atoms with van der Waals surface area (Å²) in [5, 5.41) is 11.0. The fourth-order valence-electron chi connectivity index (χ4n) is 5.60. The molecule has 2 aliphatic heterocycles. The summed E-state index contributed by atoms with van der Waals surface area (Å²) in [5.41, 5.74) is 7.03. The van der Waals surface area contributed by atoms with Crippen molar-refractivity contribution in [2.75, 3.05) is 13.2 Å². The molecular weight excluding hydrogens is 448 g/mol. The number of amides is 2. The first kappa shape index (κ1) is 22.0. The summed E-state index contributed by atoms with van der Waals surface area (Å²) in [6, 6.07) is 4.37. The van der Waals surface area contributed by atoms with E-state index in [1.54, 1.807) is 23.1 Å². The molecule has 0 spiro atoms. The number of nitrogens with two attached hydrogens (primary N) is 1. The van der Waals surface area contributed by atoms with Crippen LogP contribution in [0.1, 0.15) is 53.9 Å². The maximum Gasteiger partial charge on any atom is 0.249 e. The standard InChI is InChI=1S/C22H25ClN6O4/c23-14-9-28(19-16(30)10-33-20(14)19)22(32)17(12-5-2-1-3-6-12)18-13(21(24)31)7-4-8-15(18)29-11-25-26-27-29/h4,7-8,11-12,14,17,19-20H,1-3,5-6,9-10H2,(H2,24,31)/t14-,17-,19+,20+/m0/s1. The zero-order chi connectivity index (χ0) is 23.1. The van der Waals surface area contributed by atoms with Crippen molar-refractivity contribution in [3.63, 3.8) is 0 Å². The maximum absolute atomic E-state index is 14.2. The largest absolute Gasteiger partial charge is 0.366 e. The molecular formula is C22H25ClN6O4. The third-order valence-corrected chi connectivity index (χ3v) is 7.43. The van der Waals surface area contributed by atoms with E-state index in [0.29, 0.717) is 11.3 Å². The lowest BCUT2D eigenvalue weighted by molar-refractivity contribution is -0.139. The summed E-state index contributed by atoms with van der Waals surface area (Å²) < 4.78 is 7.01. The van der Waals surface area contributed by atoms with Gasteiger partial charge in [-0.1, -0.05) is 25.3 Å². The topological polar surface area (TPSA) is 133 Å². The summed E-state index contributed by atoms with van der Waals surface area (Å²) >= 11 is 6.47. The number of tetrazole rings is 1. The summed E-state index contributed by atoms with van der Waals surface area (Å²) in [5.74, 6) is -1.73. The van der Waals surface area contributed by atoms with Gasteiger partial charge in [0.25, 0.3) is 0 Å². The van der Waals surface area contributed by atoms with Crippen molar-refractivity contribution >= 4 is 29.2 Å².